The minimum Gasteiger partial charge on any atom is -0.346 e. The van der Waals surface area contributed by atoms with E-state index < -0.39 is 0 Å². The maximum absolute atomic E-state index is 11.0. The normalized spacial score (nSPS) is 34.7. The van der Waals surface area contributed by atoms with Crippen LogP contribution in [-0.4, -0.2) is 16.5 Å². The van der Waals surface area contributed by atoms with Gasteiger partial charge >= 0.3 is 0 Å². The van der Waals surface area contributed by atoms with Crippen molar-refractivity contribution in [2.45, 2.75) is 25.0 Å². The lowest BCUT2D eigenvalue weighted by Crippen LogP contribution is -2.32. The van der Waals surface area contributed by atoms with Crippen LogP contribution in [0.5, 0.6) is 0 Å². The summed E-state index contributed by atoms with van der Waals surface area (Å²) in [5, 5.41) is 2.79. The molecule has 1 rings (SSSR count). The lowest BCUT2D eigenvalue weighted by atomic mass is 10.1. The first-order chi connectivity index (χ1) is 4.19. The lowest BCUT2D eigenvalue weighted by molar-refractivity contribution is -0.122. The minimum atomic E-state index is -0.139. The Labute approximate surface area is 59.4 Å². The van der Waals surface area contributed by atoms with Gasteiger partial charge in [-0.1, -0.05) is 6.92 Å². The van der Waals surface area contributed by atoms with Gasteiger partial charge in [0.05, 0.1) is 10.6 Å². The number of hydrogen-bond acceptors (Lipinski definition) is 2. The highest BCUT2D eigenvalue weighted by molar-refractivity contribution is 8.01. The summed E-state index contributed by atoms with van der Waals surface area (Å²) in [6, 6.07) is 0. The van der Waals surface area contributed by atoms with Crippen molar-refractivity contribution >= 4 is 17.7 Å². The maximum Gasteiger partial charge on any atom is 0.236 e. The highest BCUT2D eigenvalue weighted by Crippen LogP contribution is 2.32. The molecule has 1 aliphatic heterocycles. The van der Waals surface area contributed by atoms with E-state index in [1.807, 2.05) is 13.8 Å². The molecule has 3 heteroatoms. The molecule has 0 aromatic heterocycles. The third kappa shape index (κ3) is 1.06. The molecule has 0 aromatic carbocycles. The van der Waals surface area contributed by atoms with Crippen LogP contribution in [0, 0.1) is 0 Å². The largest absolute Gasteiger partial charge is 0.346 e. The van der Waals surface area contributed by atoms with Crippen LogP contribution in [0.25, 0.3) is 0 Å². The molecule has 0 radical (unpaired) electrons. The van der Waals surface area contributed by atoms with Crippen LogP contribution in [0.4, 0.5) is 0 Å². The summed E-state index contributed by atoms with van der Waals surface area (Å²) in [5.74, 6) is 0.971. The first-order valence-electron chi connectivity index (χ1n) is 3.11. The Bertz CT molecular complexity index is 137. The standard InChI is InChI=1S/C6H11NOS/c1-3-6(2)5(8)7-4-9-6/h3-4H2,1-2H3,(H,7,8)/t6-/m0/s1. The molecule has 0 aliphatic carbocycles. The van der Waals surface area contributed by atoms with Gasteiger partial charge in [-0.15, -0.1) is 11.8 Å². The van der Waals surface area contributed by atoms with E-state index in [1.54, 1.807) is 11.8 Å². The van der Waals surface area contributed by atoms with Crippen LogP contribution in [0.1, 0.15) is 20.3 Å². The quantitative estimate of drug-likeness (QED) is 0.596. The molecule has 1 fully saturated rings. The molecule has 0 saturated carbocycles. The van der Waals surface area contributed by atoms with Crippen LogP contribution in [0.15, 0.2) is 0 Å². The predicted octanol–water partition coefficient (Wildman–Crippen LogP) is 0.976. The van der Waals surface area contributed by atoms with Gasteiger partial charge in [-0.3, -0.25) is 4.79 Å². The third-order valence-corrected chi connectivity index (χ3v) is 3.18. The Morgan fingerprint density at radius 3 is 2.78 bits per heavy atom. The number of carbonyl (C=O) groups is 1. The van der Waals surface area contributed by atoms with E-state index in [1.165, 1.54) is 0 Å². The zero-order valence-corrected chi connectivity index (χ0v) is 6.55. The van der Waals surface area contributed by atoms with Crippen LogP contribution < -0.4 is 5.32 Å². The number of hydrogen-bond donors (Lipinski definition) is 1. The van der Waals surface area contributed by atoms with Gasteiger partial charge in [0, 0.05) is 0 Å². The van der Waals surface area contributed by atoms with Crippen molar-refractivity contribution in [3.05, 3.63) is 0 Å². The number of nitrogens with one attached hydrogen (secondary N) is 1. The fourth-order valence-corrected chi connectivity index (χ4v) is 1.71. The van der Waals surface area contributed by atoms with Gasteiger partial charge in [0.15, 0.2) is 0 Å². The molecule has 0 aromatic rings. The number of rotatable bonds is 1. The summed E-state index contributed by atoms with van der Waals surface area (Å²) in [6.45, 7) is 4.03. The van der Waals surface area contributed by atoms with E-state index in [0.717, 1.165) is 12.3 Å². The molecule has 0 bridgehead atoms. The zero-order valence-electron chi connectivity index (χ0n) is 5.73. The topological polar surface area (TPSA) is 29.1 Å². The van der Waals surface area contributed by atoms with Crippen LogP contribution in [0.3, 0.4) is 0 Å². The second-order valence-corrected chi connectivity index (χ2v) is 3.86. The van der Waals surface area contributed by atoms with Crippen molar-refractivity contribution in [1.29, 1.82) is 0 Å². The highest BCUT2D eigenvalue weighted by Gasteiger charge is 2.36. The van der Waals surface area contributed by atoms with Gasteiger partial charge in [-0.2, -0.15) is 0 Å². The number of amides is 1. The summed E-state index contributed by atoms with van der Waals surface area (Å²) >= 11 is 1.69. The SMILES string of the molecule is CC[C@]1(C)SCNC1=O. The van der Waals surface area contributed by atoms with Gasteiger partial charge in [-0.25, -0.2) is 0 Å². The molecular formula is C6H11NOS. The molecule has 0 unspecified atom stereocenters. The Kier molecular flexibility index (Phi) is 1.70. The van der Waals surface area contributed by atoms with Crippen molar-refractivity contribution in [2.75, 3.05) is 5.88 Å². The first kappa shape index (κ1) is 6.93. The smallest absolute Gasteiger partial charge is 0.236 e. The van der Waals surface area contributed by atoms with Gasteiger partial charge in [0.25, 0.3) is 0 Å². The number of carbonyl (C=O) groups excluding carboxylic acids is 1. The van der Waals surface area contributed by atoms with Gasteiger partial charge in [-0.05, 0) is 13.3 Å². The fourth-order valence-electron chi connectivity index (χ4n) is 0.776. The lowest BCUT2D eigenvalue weighted by Gasteiger charge is -2.15. The third-order valence-electron chi connectivity index (χ3n) is 1.78. The molecule has 0 spiro atoms. The zero-order chi connectivity index (χ0) is 6.91. The summed E-state index contributed by atoms with van der Waals surface area (Å²) in [6.07, 6.45) is 0.920. The van der Waals surface area contributed by atoms with Crippen LogP contribution in [0.2, 0.25) is 0 Å². The molecule has 1 N–H and O–H groups in total. The van der Waals surface area contributed by atoms with Crippen molar-refractivity contribution in [3.63, 3.8) is 0 Å². The Morgan fingerprint density at radius 1 is 1.89 bits per heavy atom. The molecule has 2 nitrogen and oxygen atoms in total. The van der Waals surface area contributed by atoms with E-state index in [-0.39, 0.29) is 10.7 Å². The van der Waals surface area contributed by atoms with Gasteiger partial charge in [0.1, 0.15) is 0 Å². The van der Waals surface area contributed by atoms with Crippen molar-refractivity contribution in [3.8, 4) is 0 Å². The van der Waals surface area contributed by atoms with Gasteiger partial charge < -0.3 is 5.32 Å². The second-order valence-electron chi connectivity index (χ2n) is 2.38. The second kappa shape index (κ2) is 2.21. The fraction of sp³-hybridized carbons (Fsp3) is 0.833. The highest BCUT2D eigenvalue weighted by atomic mass is 32.2. The Balaban J connectivity index is 2.67. The first-order valence-corrected chi connectivity index (χ1v) is 4.10. The summed E-state index contributed by atoms with van der Waals surface area (Å²) < 4.78 is -0.139. The molecule has 1 heterocycles. The number of thioether (sulfide) groups is 1. The molecule has 52 valence electrons. The molecule has 1 saturated heterocycles. The monoisotopic (exact) mass is 145 g/mol. The van der Waals surface area contributed by atoms with Crippen molar-refractivity contribution in [1.82, 2.24) is 5.32 Å². The average molecular weight is 145 g/mol. The van der Waals surface area contributed by atoms with Crippen LogP contribution >= 0.6 is 11.8 Å². The minimum absolute atomic E-state index is 0.139. The van der Waals surface area contributed by atoms with E-state index in [9.17, 15) is 4.79 Å². The molecule has 9 heavy (non-hydrogen) atoms. The Morgan fingerprint density at radius 2 is 2.56 bits per heavy atom. The van der Waals surface area contributed by atoms with E-state index in [4.69, 9.17) is 0 Å². The maximum atomic E-state index is 11.0. The van der Waals surface area contributed by atoms with E-state index in [0.29, 0.717) is 0 Å². The Hall–Kier alpha value is -0.180. The predicted molar refractivity (Wildman–Crippen MR) is 39.3 cm³/mol. The summed E-state index contributed by atoms with van der Waals surface area (Å²) in [4.78, 5) is 11.0. The molecule has 1 aliphatic rings. The summed E-state index contributed by atoms with van der Waals surface area (Å²) in [5.41, 5.74) is 0. The van der Waals surface area contributed by atoms with Crippen molar-refractivity contribution < 1.29 is 4.79 Å². The van der Waals surface area contributed by atoms with E-state index in [2.05, 4.69) is 5.32 Å². The summed E-state index contributed by atoms with van der Waals surface area (Å²) in [7, 11) is 0. The van der Waals surface area contributed by atoms with E-state index >= 15 is 0 Å². The molecule has 1 amide bonds. The average Bonchev–Trinajstić information content (AvgIpc) is 2.15. The van der Waals surface area contributed by atoms with Crippen molar-refractivity contribution in [2.24, 2.45) is 0 Å². The molecular weight excluding hydrogens is 134 g/mol. The van der Waals surface area contributed by atoms with Gasteiger partial charge in [0.2, 0.25) is 5.91 Å². The van der Waals surface area contributed by atoms with Crippen LogP contribution in [-0.2, 0) is 4.79 Å². The molecule has 1 atom stereocenters.